The van der Waals surface area contributed by atoms with Gasteiger partial charge in [-0.1, -0.05) is 6.42 Å². The molecule has 0 atom stereocenters. The van der Waals surface area contributed by atoms with Crippen molar-refractivity contribution >= 4 is 40.0 Å². The van der Waals surface area contributed by atoms with Crippen molar-refractivity contribution in [3.63, 3.8) is 0 Å². The van der Waals surface area contributed by atoms with Crippen molar-refractivity contribution in [2.75, 3.05) is 6.61 Å². The molecule has 0 aromatic heterocycles. The number of halogens is 2. The minimum absolute atomic E-state index is 0. The molecule has 0 spiro atoms. The molecular weight excluding hydrogens is 450 g/mol. The zero-order valence-electron chi connectivity index (χ0n) is 15.9. The molecule has 0 radical (unpaired) electrons. The first kappa shape index (κ1) is 35.8. The van der Waals surface area contributed by atoms with E-state index in [9.17, 15) is 0 Å². The normalized spacial score (nSPS) is 12.7. The first-order valence-corrected chi connectivity index (χ1v) is 16.4. The first-order valence-electron chi connectivity index (χ1n) is 7.05. The van der Waals surface area contributed by atoms with Gasteiger partial charge < -0.3 is 19.3 Å². The van der Waals surface area contributed by atoms with Crippen LogP contribution in [0.4, 0.5) is 0 Å². The zero-order chi connectivity index (χ0) is 15.3. The van der Waals surface area contributed by atoms with Crippen LogP contribution in [0.25, 0.3) is 0 Å². The van der Waals surface area contributed by atoms with Crippen LogP contribution in [0.15, 0.2) is 36.0 Å². The Balaban J connectivity index is -0.0000000944. The summed E-state index contributed by atoms with van der Waals surface area (Å²) >= 11 is 1.58. The molecule has 142 valence electrons. The fraction of sp³-hybridized carbons (Fsp3) is 0.444. The van der Waals surface area contributed by atoms with Gasteiger partial charge in [0.05, 0.1) is 0 Å². The third-order valence-corrected chi connectivity index (χ3v) is 3.55. The van der Waals surface area contributed by atoms with Crippen LogP contribution in [-0.4, -0.2) is 21.8 Å². The summed E-state index contributed by atoms with van der Waals surface area (Å²) in [7, 11) is -1.28. The predicted molar refractivity (Wildman–Crippen MR) is 116 cm³/mol. The fourth-order valence-corrected chi connectivity index (χ4v) is 2.36. The van der Waals surface area contributed by atoms with Gasteiger partial charge >= 0.3 is 30.2 Å². The van der Waals surface area contributed by atoms with E-state index in [1.54, 1.807) is 23.3 Å². The van der Waals surface area contributed by atoms with E-state index in [2.05, 4.69) is 50.0 Å². The summed E-state index contributed by atoms with van der Waals surface area (Å²) in [6.07, 6.45) is 20.9. The van der Waals surface area contributed by atoms with Crippen molar-refractivity contribution in [2.45, 2.75) is 45.3 Å². The van der Waals surface area contributed by atoms with Gasteiger partial charge in [-0.15, -0.1) is 37.7 Å². The Bertz CT molecular complexity index is 366. The Kier molecular flexibility index (Phi) is 35.6. The van der Waals surface area contributed by atoms with Crippen LogP contribution >= 0.6 is 24.8 Å². The second kappa shape index (κ2) is 23.8. The van der Waals surface area contributed by atoms with Gasteiger partial charge in [-0.05, 0) is 26.1 Å². The van der Waals surface area contributed by atoms with Gasteiger partial charge in [0, 0.05) is 6.61 Å². The summed E-state index contributed by atoms with van der Waals surface area (Å²) < 4.78 is 5.76. The fourth-order valence-electron chi connectivity index (χ4n) is 1.60. The van der Waals surface area contributed by atoms with E-state index in [1.165, 1.54) is 5.57 Å². The molecule has 0 amide bonds. The van der Waals surface area contributed by atoms with Crippen molar-refractivity contribution in [2.24, 2.45) is 0 Å². The van der Waals surface area contributed by atoms with Crippen LogP contribution in [0.5, 0.6) is 0 Å². The average molecular weight is 485 g/mol. The van der Waals surface area contributed by atoms with E-state index < -0.39 is 8.32 Å². The van der Waals surface area contributed by atoms with E-state index in [1.807, 2.05) is 19.0 Å². The molecule has 2 aliphatic rings. The third kappa shape index (κ3) is 25.1. The van der Waals surface area contributed by atoms with E-state index in [0.717, 1.165) is 32.3 Å². The molecule has 1 nitrogen and oxygen atoms in total. The molecule has 0 aromatic carbocycles. The molecule has 0 heterocycles. The number of hydrogen-bond acceptors (Lipinski definition) is 1. The van der Waals surface area contributed by atoms with E-state index in [4.69, 9.17) is 4.43 Å². The van der Waals surface area contributed by atoms with Gasteiger partial charge in [0.25, 0.3) is 0 Å². The third-order valence-electron chi connectivity index (χ3n) is 2.48. The maximum absolute atomic E-state index is 5.76. The number of rotatable bonds is 5. The standard InChI is InChI=1S/C11H19OSi.C5H5.2CH3.2ClH.H2Si.Zr/c1-13(2,3)12-10-6-9-11-7-4-5-8-11;1-2-4-5-3-1;;;;;;/h4,7H,5-6,9-10H2,1-3H3;1-3H,4H2;2*1H3;2*1H;1H2;/q4*-1;;;;. The molecule has 0 bridgehead atoms. The minimum atomic E-state index is -1.28. The van der Waals surface area contributed by atoms with Gasteiger partial charge in [0.2, 0.25) is 0 Å². The average Bonchev–Trinajstić information content (AvgIpc) is 3.11. The molecule has 24 heavy (non-hydrogen) atoms. The molecule has 0 aliphatic heterocycles. The molecule has 2 rings (SSSR count). The quantitative estimate of drug-likeness (QED) is 0.287. The first-order chi connectivity index (χ1) is 9.58. The van der Waals surface area contributed by atoms with Gasteiger partial charge in [-0.3, -0.25) is 12.2 Å². The molecule has 0 N–H and O–H groups in total. The van der Waals surface area contributed by atoms with E-state index in [-0.39, 0.29) is 39.7 Å². The van der Waals surface area contributed by atoms with Crippen molar-refractivity contribution in [3.05, 3.63) is 63.0 Å². The molecule has 0 saturated carbocycles. The van der Waals surface area contributed by atoms with Gasteiger partial charge in [0.1, 0.15) is 0 Å². The molecule has 0 unspecified atom stereocenters. The molecule has 0 fully saturated rings. The van der Waals surface area contributed by atoms with Crippen LogP contribution in [0.3, 0.4) is 0 Å². The van der Waals surface area contributed by atoms with Crippen molar-refractivity contribution in [1.82, 2.24) is 0 Å². The Morgan fingerprint density at radius 1 is 1.12 bits per heavy atom. The monoisotopic (exact) mass is 482 g/mol. The van der Waals surface area contributed by atoms with Crippen molar-refractivity contribution in [1.29, 1.82) is 0 Å². The zero-order valence-corrected chi connectivity index (χ0v) is 22.4. The summed E-state index contributed by atoms with van der Waals surface area (Å²) in [6.45, 7) is 9.55. The van der Waals surface area contributed by atoms with Crippen LogP contribution in [0.1, 0.15) is 25.7 Å². The number of allylic oxidation sites excluding steroid dienone is 8. The summed E-state index contributed by atoms with van der Waals surface area (Å²) in [5.74, 6) is 0. The van der Waals surface area contributed by atoms with Crippen LogP contribution in [0, 0.1) is 27.0 Å². The van der Waals surface area contributed by atoms with Gasteiger partial charge in [-0.25, -0.2) is 23.8 Å². The molecule has 2 aliphatic carbocycles. The van der Waals surface area contributed by atoms with Crippen molar-refractivity contribution < 1.29 is 27.8 Å². The molecular formula is C18H34Cl2OSi2Zr-4. The summed E-state index contributed by atoms with van der Waals surface area (Å²) in [6, 6.07) is 0. The Hall–Kier alpha value is 0.817. The second-order valence-corrected chi connectivity index (χ2v) is 9.89. The summed E-state index contributed by atoms with van der Waals surface area (Å²) in [4.78, 5) is 0. The topological polar surface area (TPSA) is 9.23 Å². The second-order valence-electron chi connectivity index (χ2n) is 5.38. The predicted octanol–water partition coefficient (Wildman–Crippen LogP) is 5.44. The van der Waals surface area contributed by atoms with Crippen LogP contribution in [0.2, 0.25) is 19.6 Å². The van der Waals surface area contributed by atoms with Gasteiger partial charge in [0.15, 0.2) is 8.32 Å². The van der Waals surface area contributed by atoms with E-state index in [0.29, 0.717) is 0 Å². The summed E-state index contributed by atoms with van der Waals surface area (Å²) in [5.41, 5.74) is 1.36. The van der Waals surface area contributed by atoms with Crippen LogP contribution in [-0.2, 0) is 27.8 Å². The molecule has 0 saturated heterocycles. The number of hydrogen-bond donors (Lipinski definition) is 0. The maximum atomic E-state index is 5.76. The van der Waals surface area contributed by atoms with Gasteiger partial charge in [-0.2, -0.15) is 12.2 Å². The Morgan fingerprint density at radius 2 is 1.75 bits per heavy atom. The Labute approximate surface area is 181 Å². The molecule has 0 aromatic rings. The van der Waals surface area contributed by atoms with Crippen molar-refractivity contribution in [3.8, 4) is 0 Å². The summed E-state index contributed by atoms with van der Waals surface area (Å²) in [5, 5.41) is 0. The Morgan fingerprint density at radius 3 is 2.08 bits per heavy atom. The molecule has 6 heteroatoms. The van der Waals surface area contributed by atoms with Crippen LogP contribution < -0.4 is 0 Å². The van der Waals surface area contributed by atoms with E-state index >= 15 is 0 Å². The SMILES string of the molecule is C[Si](C)(C)OCCCC1=[C-]CC=C1.Cl.Cl.[C-]1=CC=CC1.[CH3-].[CH3-].[SiH2]=[Zr].